The monoisotopic (exact) mass is 442 g/mol. The molecule has 12 nitrogen and oxygen atoms in total. The van der Waals surface area contributed by atoms with Crippen LogP contribution in [0.1, 0.15) is 20.3 Å². The van der Waals surface area contributed by atoms with Gasteiger partial charge in [-0.2, -0.15) is 0 Å². The number of ether oxygens (including phenoxy) is 4. The van der Waals surface area contributed by atoms with Gasteiger partial charge in [-0.25, -0.2) is 0 Å². The normalized spacial score (nSPS) is 41.9. The van der Waals surface area contributed by atoms with Gasteiger partial charge in [-0.15, -0.1) is 0 Å². The Balaban J connectivity index is 1.91. The second-order valence-corrected chi connectivity index (χ2v) is 8.27. The van der Waals surface area contributed by atoms with Crippen molar-refractivity contribution in [3.8, 4) is 0 Å². The molecule has 0 saturated carbocycles. The molecular weight excluding hydrogens is 408 g/mol. The zero-order valence-corrected chi connectivity index (χ0v) is 17.1. The lowest BCUT2D eigenvalue weighted by Gasteiger charge is -2.41. The molecule has 0 aliphatic carbocycles. The molecule has 2 heterocycles. The first-order valence-corrected chi connectivity index (χ1v) is 9.88. The van der Waals surface area contributed by atoms with E-state index >= 15 is 0 Å². The molecule has 2 aliphatic rings. The largest absolute Gasteiger partial charge is 0.393 e. The fourth-order valence-electron chi connectivity index (χ4n) is 3.22. The summed E-state index contributed by atoms with van der Waals surface area (Å²) in [5.74, 6) is -0.257. The molecule has 178 valence electrons. The van der Waals surface area contributed by atoms with Crippen LogP contribution in [0.2, 0.25) is 0 Å². The van der Waals surface area contributed by atoms with Crippen LogP contribution in [0.5, 0.6) is 0 Å². The van der Waals surface area contributed by atoms with Crippen molar-refractivity contribution in [2.24, 2.45) is 5.92 Å². The highest BCUT2D eigenvalue weighted by Gasteiger charge is 2.50. The molecule has 2 fully saturated rings. The van der Waals surface area contributed by atoms with Crippen LogP contribution in [0.3, 0.4) is 0 Å². The van der Waals surface area contributed by atoms with Crippen LogP contribution >= 0.6 is 0 Å². The number of hydrogen-bond acceptors (Lipinski definition) is 12. The van der Waals surface area contributed by atoms with Crippen LogP contribution in [0.4, 0.5) is 0 Å². The van der Waals surface area contributed by atoms with Gasteiger partial charge in [-0.3, -0.25) is 0 Å². The van der Waals surface area contributed by atoms with Crippen molar-refractivity contribution < 1.29 is 59.8 Å². The van der Waals surface area contributed by atoms with Crippen molar-refractivity contribution in [2.45, 2.75) is 74.6 Å². The van der Waals surface area contributed by atoms with Crippen molar-refractivity contribution >= 4 is 0 Å². The van der Waals surface area contributed by atoms with E-state index in [0.717, 1.165) is 0 Å². The van der Waals surface area contributed by atoms with E-state index < -0.39 is 67.5 Å². The lowest BCUT2D eigenvalue weighted by atomic mass is 9.88. The smallest absolute Gasteiger partial charge is 0.186 e. The molecule has 0 aromatic heterocycles. The second kappa shape index (κ2) is 10.4. The molecule has 0 aromatic carbocycles. The summed E-state index contributed by atoms with van der Waals surface area (Å²) in [5, 5.41) is 79.1. The molecule has 0 amide bonds. The van der Waals surface area contributed by atoms with Crippen LogP contribution in [-0.2, 0) is 18.9 Å². The Bertz CT molecular complexity index is 535. The molecule has 2 saturated heterocycles. The summed E-state index contributed by atoms with van der Waals surface area (Å²) in [6.07, 6.45) is -10.1. The number of aliphatic hydroxyl groups excluding tert-OH is 6. The number of aliphatic hydroxyl groups is 8. The topological polar surface area (TPSA) is 199 Å². The predicted molar refractivity (Wildman–Crippen MR) is 97.9 cm³/mol. The zero-order chi connectivity index (χ0) is 22.7. The lowest BCUT2D eigenvalue weighted by Crippen LogP contribution is -2.60. The third-order valence-corrected chi connectivity index (χ3v) is 5.84. The third-order valence-electron chi connectivity index (χ3n) is 5.84. The van der Waals surface area contributed by atoms with E-state index in [1.54, 1.807) is 13.8 Å². The van der Waals surface area contributed by atoms with Crippen molar-refractivity contribution in [3.63, 3.8) is 0 Å². The van der Waals surface area contributed by atoms with E-state index in [2.05, 4.69) is 0 Å². The van der Waals surface area contributed by atoms with Gasteiger partial charge in [0.25, 0.3) is 0 Å². The minimum absolute atomic E-state index is 0.0371. The minimum atomic E-state index is -1.88. The summed E-state index contributed by atoms with van der Waals surface area (Å²) in [5.41, 5.74) is -3.27. The van der Waals surface area contributed by atoms with Gasteiger partial charge in [-0.05, 0) is 5.92 Å². The summed E-state index contributed by atoms with van der Waals surface area (Å²) in [6, 6.07) is 0. The van der Waals surface area contributed by atoms with E-state index in [4.69, 9.17) is 24.1 Å². The SMILES string of the molecule is CC(C)[C@@](O)(CO)CCO[C@@H]1O[C@H](CO[C@H]2OC[C@](O)(CO)[C@H]2O)[C@@H](O)[C@H](O)[C@H]1O. The van der Waals surface area contributed by atoms with Gasteiger partial charge in [0, 0.05) is 6.42 Å². The maximum atomic E-state index is 10.3. The molecule has 0 aromatic rings. The number of rotatable bonds is 10. The van der Waals surface area contributed by atoms with Crippen molar-refractivity contribution in [3.05, 3.63) is 0 Å². The third kappa shape index (κ3) is 5.46. The van der Waals surface area contributed by atoms with Gasteiger partial charge < -0.3 is 59.8 Å². The standard InChI is InChI=1S/C18H34O12/c1-9(2)17(25,6-19)3-4-27-15-13(23)12(22)11(21)10(30-15)5-28-16-14(24)18(26,7-20)8-29-16/h9-16,19-26H,3-8H2,1-2H3/t10-,11-,12+,13-,14+,15-,16+,17+,18-/m1/s1. The molecule has 0 bridgehead atoms. The zero-order valence-electron chi connectivity index (χ0n) is 17.1. The van der Waals surface area contributed by atoms with Gasteiger partial charge in [0.1, 0.15) is 36.1 Å². The highest BCUT2D eigenvalue weighted by atomic mass is 16.7. The fourth-order valence-corrected chi connectivity index (χ4v) is 3.22. The van der Waals surface area contributed by atoms with Gasteiger partial charge >= 0.3 is 0 Å². The maximum Gasteiger partial charge on any atom is 0.186 e. The van der Waals surface area contributed by atoms with Crippen LogP contribution in [-0.4, -0.2) is 128 Å². The van der Waals surface area contributed by atoms with E-state index in [-0.39, 0.29) is 32.2 Å². The Morgan fingerprint density at radius 3 is 2.23 bits per heavy atom. The Kier molecular flexibility index (Phi) is 8.96. The van der Waals surface area contributed by atoms with Gasteiger partial charge in [0.2, 0.25) is 0 Å². The molecule has 9 atom stereocenters. The van der Waals surface area contributed by atoms with Crippen LogP contribution < -0.4 is 0 Å². The first-order valence-electron chi connectivity index (χ1n) is 9.88. The maximum absolute atomic E-state index is 10.3. The van der Waals surface area contributed by atoms with Crippen molar-refractivity contribution in [1.82, 2.24) is 0 Å². The lowest BCUT2D eigenvalue weighted by molar-refractivity contribution is -0.311. The van der Waals surface area contributed by atoms with E-state index in [1.807, 2.05) is 0 Å². The van der Waals surface area contributed by atoms with E-state index in [0.29, 0.717) is 0 Å². The summed E-state index contributed by atoms with van der Waals surface area (Å²) in [7, 11) is 0. The quantitative estimate of drug-likeness (QED) is 0.163. The second-order valence-electron chi connectivity index (χ2n) is 8.27. The fraction of sp³-hybridized carbons (Fsp3) is 1.00. The first-order chi connectivity index (χ1) is 14.0. The van der Waals surface area contributed by atoms with E-state index in [9.17, 15) is 35.7 Å². The molecule has 2 rings (SSSR count). The number of hydrogen-bond donors (Lipinski definition) is 8. The summed E-state index contributed by atoms with van der Waals surface area (Å²) < 4.78 is 21.3. The summed E-state index contributed by atoms with van der Waals surface area (Å²) in [6.45, 7) is 1.37. The highest BCUT2D eigenvalue weighted by Crippen LogP contribution is 2.28. The van der Waals surface area contributed by atoms with Gasteiger partial charge in [-0.1, -0.05) is 13.8 Å². The first kappa shape index (κ1) is 25.8. The Morgan fingerprint density at radius 2 is 1.70 bits per heavy atom. The average molecular weight is 442 g/mol. The van der Waals surface area contributed by atoms with Crippen molar-refractivity contribution in [2.75, 3.05) is 33.0 Å². The Labute approximate surface area is 174 Å². The van der Waals surface area contributed by atoms with Crippen LogP contribution in [0, 0.1) is 5.92 Å². The van der Waals surface area contributed by atoms with Gasteiger partial charge in [0.05, 0.1) is 38.6 Å². The average Bonchev–Trinajstić information content (AvgIpc) is 3.01. The Hall–Kier alpha value is -0.480. The van der Waals surface area contributed by atoms with Crippen molar-refractivity contribution in [1.29, 1.82) is 0 Å². The van der Waals surface area contributed by atoms with E-state index in [1.165, 1.54) is 0 Å². The molecule has 0 unspecified atom stereocenters. The minimum Gasteiger partial charge on any atom is -0.393 e. The molecule has 12 heteroatoms. The van der Waals surface area contributed by atoms with Crippen LogP contribution in [0.25, 0.3) is 0 Å². The molecule has 30 heavy (non-hydrogen) atoms. The molecule has 2 aliphatic heterocycles. The molecular formula is C18H34O12. The Morgan fingerprint density at radius 1 is 1.03 bits per heavy atom. The summed E-state index contributed by atoms with van der Waals surface area (Å²) in [4.78, 5) is 0. The summed E-state index contributed by atoms with van der Waals surface area (Å²) >= 11 is 0. The predicted octanol–water partition coefficient (Wildman–Crippen LogP) is -3.96. The van der Waals surface area contributed by atoms with Crippen LogP contribution in [0.15, 0.2) is 0 Å². The van der Waals surface area contributed by atoms with Gasteiger partial charge in [0.15, 0.2) is 12.6 Å². The molecule has 8 N–H and O–H groups in total. The highest BCUT2D eigenvalue weighted by molar-refractivity contribution is 4.94. The molecule has 0 radical (unpaired) electrons. The molecule has 0 spiro atoms.